The minimum Gasteiger partial charge on any atom is -0.310 e. The SMILES string of the molecule is CCCN[C@H](CC)c1ccccc1. The normalized spacial score (nSPS) is 12.8. The van der Waals surface area contributed by atoms with Gasteiger partial charge in [0.05, 0.1) is 0 Å². The van der Waals surface area contributed by atoms with Crippen molar-refractivity contribution in [2.45, 2.75) is 32.7 Å². The maximum Gasteiger partial charge on any atom is 0.0317 e. The topological polar surface area (TPSA) is 12.0 Å². The molecular formula is C12H19N. The summed E-state index contributed by atoms with van der Waals surface area (Å²) in [5, 5.41) is 3.54. The van der Waals surface area contributed by atoms with E-state index in [1.165, 1.54) is 12.0 Å². The average molecular weight is 177 g/mol. The molecule has 0 fully saturated rings. The van der Waals surface area contributed by atoms with Gasteiger partial charge in [-0.3, -0.25) is 0 Å². The van der Waals surface area contributed by atoms with Gasteiger partial charge in [0.25, 0.3) is 0 Å². The van der Waals surface area contributed by atoms with Crippen LogP contribution in [0.15, 0.2) is 30.3 Å². The first-order valence-corrected chi connectivity index (χ1v) is 5.16. The summed E-state index contributed by atoms with van der Waals surface area (Å²) in [6.07, 6.45) is 2.35. The smallest absolute Gasteiger partial charge is 0.0317 e. The third-order valence-electron chi connectivity index (χ3n) is 2.25. The number of hydrogen-bond acceptors (Lipinski definition) is 1. The van der Waals surface area contributed by atoms with Gasteiger partial charge >= 0.3 is 0 Å². The third kappa shape index (κ3) is 3.19. The second kappa shape index (κ2) is 5.76. The molecule has 1 nitrogen and oxygen atoms in total. The Morgan fingerprint density at radius 2 is 1.85 bits per heavy atom. The summed E-state index contributed by atoms with van der Waals surface area (Å²) in [4.78, 5) is 0. The molecule has 0 aliphatic rings. The second-order valence-corrected chi connectivity index (χ2v) is 3.33. The molecule has 1 aromatic carbocycles. The van der Waals surface area contributed by atoms with Crippen molar-refractivity contribution in [1.29, 1.82) is 0 Å². The van der Waals surface area contributed by atoms with E-state index < -0.39 is 0 Å². The second-order valence-electron chi connectivity index (χ2n) is 3.33. The summed E-state index contributed by atoms with van der Waals surface area (Å²) in [6, 6.07) is 11.2. The van der Waals surface area contributed by atoms with Crippen LogP contribution in [0.3, 0.4) is 0 Å². The molecule has 1 atom stereocenters. The summed E-state index contributed by atoms with van der Waals surface area (Å²) in [5.41, 5.74) is 1.40. The van der Waals surface area contributed by atoms with Crippen molar-refractivity contribution in [3.8, 4) is 0 Å². The largest absolute Gasteiger partial charge is 0.310 e. The van der Waals surface area contributed by atoms with E-state index in [1.807, 2.05) is 0 Å². The van der Waals surface area contributed by atoms with Crippen molar-refractivity contribution < 1.29 is 0 Å². The molecular weight excluding hydrogens is 158 g/mol. The molecule has 0 unspecified atom stereocenters. The molecule has 0 aliphatic heterocycles. The lowest BCUT2D eigenvalue weighted by Crippen LogP contribution is -2.21. The first kappa shape index (κ1) is 10.3. The van der Waals surface area contributed by atoms with Crippen LogP contribution in [0.4, 0.5) is 0 Å². The highest BCUT2D eigenvalue weighted by Crippen LogP contribution is 2.15. The fourth-order valence-corrected chi connectivity index (χ4v) is 1.50. The predicted octanol–water partition coefficient (Wildman–Crippen LogP) is 3.14. The van der Waals surface area contributed by atoms with Gasteiger partial charge in [0.15, 0.2) is 0 Å². The van der Waals surface area contributed by atoms with Gasteiger partial charge in [-0.05, 0) is 24.9 Å². The first-order valence-electron chi connectivity index (χ1n) is 5.16. The minimum atomic E-state index is 0.529. The molecule has 1 N–H and O–H groups in total. The summed E-state index contributed by atoms with van der Waals surface area (Å²) < 4.78 is 0. The van der Waals surface area contributed by atoms with Crippen LogP contribution >= 0.6 is 0 Å². The van der Waals surface area contributed by atoms with Crippen LogP contribution in [0, 0.1) is 0 Å². The van der Waals surface area contributed by atoms with E-state index in [0.717, 1.165) is 13.0 Å². The van der Waals surface area contributed by atoms with Crippen LogP contribution in [0.1, 0.15) is 38.3 Å². The van der Waals surface area contributed by atoms with Gasteiger partial charge in [0.2, 0.25) is 0 Å². The Kier molecular flexibility index (Phi) is 4.55. The van der Waals surface area contributed by atoms with Crippen molar-refractivity contribution in [2.24, 2.45) is 0 Å². The lowest BCUT2D eigenvalue weighted by molar-refractivity contribution is 0.518. The first-order chi connectivity index (χ1) is 6.38. The van der Waals surface area contributed by atoms with Crippen LogP contribution in [0.25, 0.3) is 0 Å². The molecule has 1 aromatic rings. The zero-order valence-corrected chi connectivity index (χ0v) is 8.59. The molecule has 13 heavy (non-hydrogen) atoms. The van der Waals surface area contributed by atoms with Crippen LogP contribution in [0.5, 0.6) is 0 Å². The van der Waals surface area contributed by atoms with E-state index in [9.17, 15) is 0 Å². The number of benzene rings is 1. The Balaban J connectivity index is 2.56. The van der Waals surface area contributed by atoms with Gasteiger partial charge in [0.1, 0.15) is 0 Å². The summed E-state index contributed by atoms with van der Waals surface area (Å²) in [6.45, 7) is 5.53. The van der Waals surface area contributed by atoms with E-state index in [1.54, 1.807) is 0 Å². The quantitative estimate of drug-likeness (QED) is 0.728. The summed E-state index contributed by atoms with van der Waals surface area (Å²) in [5.74, 6) is 0. The van der Waals surface area contributed by atoms with Crippen molar-refractivity contribution in [2.75, 3.05) is 6.54 Å². The number of rotatable bonds is 5. The highest BCUT2D eigenvalue weighted by Gasteiger charge is 2.05. The highest BCUT2D eigenvalue weighted by molar-refractivity contribution is 5.18. The molecule has 0 radical (unpaired) electrons. The highest BCUT2D eigenvalue weighted by atomic mass is 14.9. The van der Waals surface area contributed by atoms with Crippen molar-refractivity contribution in [1.82, 2.24) is 5.32 Å². The Hall–Kier alpha value is -0.820. The Morgan fingerprint density at radius 3 is 2.38 bits per heavy atom. The molecule has 72 valence electrons. The molecule has 0 saturated carbocycles. The Morgan fingerprint density at radius 1 is 1.15 bits per heavy atom. The van der Waals surface area contributed by atoms with E-state index in [4.69, 9.17) is 0 Å². The average Bonchev–Trinajstić information content (AvgIpc) is 2.21. The number of hydrogen-bond donors (Lipinski definition) is 1. The summed E-state index contributed by atoms with van der Waals surface area (Å²) in [7, 11) is 0. The van der Waals surface area contributed by atoms with Gasteiger partial charge in [0, 0.05) is 6.04 Å². The van der Waals surface area contributed by atoms with E-state index in [2.05, 4.69) is 49.5 Å². The minimum absolute atomic E-state index is 0.529. The van der Waals surface area contributed by atoms with Gasteiger partial charge in [-0.15, -0.1) is 0 Å². The molecule has 0 bridgehead atoms. The van der Waals surface area contributed by atoms with Gasteiger partial charge in [-0.2, -0.15) is 0 Å². The van der Waals surface area contributed by atoms with Gasteiger partial charge in [-0.1, -0.05) is 44.2 Å². The van der Waals surface area contributed by atoms with Gasteiger partial charge < -0.3 is 5.32 Å². The van der Waals surface area contributed by atoms with Crippen LogP contribution < -0.4 is 5.32 Å². The van der Waals surface area contributed by atoms with Crippen LogP contribution in [-0.4, -0.2) is 6.54 Å². The van der Waals surface area contributed by atoms with Crippen molar-refractivity contribution >= 4 is 0 Å². The third-order valence-corrected chi connectivity index (χ3v) is 2.25. The molecule has 0 amide bonds. The Bertz CT molecular complexity index is 218. The standard InChI is InChI=1S/C12H19N/c1-3-10-13-12(4-2)11-8-6-5-7-9-11/h5-9,12-13H,3-4,10H2,1-2H3/t12-/m1/s1. The zero-order valence-electron chi connectivity index (χ0n) is 8.59. The molecule has 1 heteroatoms. The molecule has 1 rings (SSSR count). The van der Waals surface area contributed by atoms with Crippen molar-refractivity contribution in [3.63, 3.8) is 0 Å². The lowest BCUT2D eigenvalue weighted by Gasteiger charge is -2.16. The molecule has 0 saturated heterocycles. The zero-order chi connectivity index (χ0) is 9.52. The molecule has 0 aromatic heterocycles. The maximum absolute atomic E-state index is 3.54. The molecule has 0 aliphatic carbocycles. The molecule has 0 spiro atoms. The Labute approximate surface area is 81.2 Å². The molecule has 0 heterocycles. The summed E-state index contributed by atoms with van der Waals surface area (Å²) >= 11 is 0. The lowest BCUT2D eigenvalue weighted by atomic mass is 10.0. The van der Waals surface area contributed by atoms with E-state index in [-0.39, 0.29) is 0 Å². The fourth-order valence-electron chi connectivity index (χ4n) is 1.50. The fraction of sp³-hybridized carbons (Fsp3) is 0.500. The van der Waals surface area contributed by atoms with Crippen LogP contribution in [-0.2, 0) is 0 Å². The predicted molar refractivity (Wildman–Crippen MR) is 57.8 cm³/mol. The monoisotopic (exact) mass is 177 g/mol. The van der Waals surface area contributed by atoms with Crippen LogP contribution in [0.2, 0.25) is 0 Å². The van der Waals surface area contributed by atoms with E-state index >= 15 is 0 Å². The van der Waals surface area contributed by atoms with Crippen molar-refractivity contribution in [3.05, 3.63) is 35.9 Å². The van der Waals surface area contributed by atoms with Gasteiger partial charge in [-0.25, -0.2) is 0 Å². The van der Waals surface area contributed by atoms with E-state index in [0.29, 0.717) is 6.04 Å². The maximum atomic E-state index is 3.54. The number of nitrogens with one attached hydrogen (secondary N) is 1.